The van der Waals surface area contributed by atoms with Crippen LogP contribution in [0.5, 0.6) is 0 Å². The van der Waals surface area contributed by atoms with Crippen molar-refractivity contribution in [3.63, 3.8) is 0 Å². The van der Waals surface area contributed by atoms with Crippen LogP contribution in [-0.4, -0.2) is 44.3 Å². The lowest BCUT2D eigenvalue weighted by Gasteiger charge is -2.39. The predicted octanol–water partition coefficient (Wildman–Crippen LogP) is 1.72. The number of rotatable bonds is 5. The van der Waals surface area contributed by atoms with E-state index in [0.717, 1.165) is 19.7 Å². The second kappa shape index (κ2) is 5.99. The molecule has 0 amide bonds. The first-order valence-corrected chi connectivity index (χ1v) is 6.41. The van der Waals surface area contributed by atoms with Crippen molar-refractivity contribution in [2.75, 3.05) is 33.4 Å². The lowest BCUT2D eigenvalue weighted by atomic mass is 9.88. The zero-order valence-electron chi connectivity index (χ0n) is 11.3. The van der Waals surface area contributed by atoms with Crippen LogP contribution in [0.3, 0.4) is 0 Å². The van der Waals surface area contributed by atoms with Crippen molar-refractivity contribution < 1.29 is 4.74 Å². The van der Waals surface area contributed by atoms with Crippen LogP contribution in [0.2, 0.25) is 0 Å². The van der Waals surface area contributed by atoms with Gasteiger partial charge in [-0.1, -0.05) is 13.8 Å². The van der Waals surface area contributed by atoms with Crippen molar-refractivity contribution in [1.82, 2.24) is 4.90 Å². The average Bonchev–Trinajstić information content (AvgIpc) is 2.17. The lowest BCUT2D eigenvalue weighted by molar-refractivity contribution is 0.0511. The second-order valence-corrected chi connectivity index (χ2v) is 6.09. The summed E-state index contributed by atoms with van der Waals surface area (Å²) in [6.45, 7) is 11.0. The maximum Gasteiger partial charge on any atom is 0.0525 e. The third-order valence-corrected chi connectivity index (χ3v) is 3.47. The van der Waals surface area contributed by atoms with E-state index in [-0.39, 0.29) is 5.41 Å². The van der Waals surface area contributed by atoms with Gasteiger partial charge in [0.15, 0.2) is 0 Å². The first kappa shape index (κ1) is 13.9. The summed E-state index contributed by atoms with van der Waals surface area (Å²) in [4.78, 5) is 2.55. The number of piperidine rings is 1. The highest BCUT2D eigenvalue weighted by Gasteiger charge is 2.27. The van der Waals surface area contributed by atoms with Crippen LogP contribution < -0.4 is 5.73 Å². The summed E-state index contributed by atoms with van der Waals surface area (Å²) in [7, 11) is 1.78. The first-order valence-electron chi connectivity index (χ1n) is 6.41. The molecular formula is C13H28N2O. The molecule has 0 bridgehead atoms. The molecule has 0 spiro atoms. The van der Waals surface area contributed by atoms with E-state index < -0.39 is 0 Å². The van der Waals surface area contributed by atoms with Gasteiger partial charge >= 0.3 is 0 Å². The summed E-state index contributed by atoms with van der Waals surface area (Å²) in [5, 5.41) is 0. The van der Waals surface area contributed by atoms with E-state index in [9.17, 15) is 0 Å². The van der Waals surface area contributed by atoms with Crippen molar-refractivity contribution >= 4 is 0 Å². The summed E-state index contributed by atoms with van der Waals surface area (Å²) in [6, 6.07) is 0.327. The van der Waals surface area contributed by atoms with Crippen LogP contribution >= 0.6 is 0 Å². The third kappa shape index (κ3) is 4.40. The van der Waals surface area contributed by atoms with Gasteiger partial charge in [0, 0.05) is 31.7 Å². The van der Waals surface area contributed by atoms with E-state index >= 15 is 0 Å². The van der Waals surface area contributed by atoms with E-state index in [1.54, 1.807) is 7.11 Å². The maximum absolute atomic E-state index is 6.00. The smallest absolute Gasteiger partial charge is 0.0525 e. The molecule has 3 heteroatoms. The van der Waals surface area contributed by atoms with Crippen molar-refractivity contribution in [1.29, 1.82) is 0 Å². The summed E-state index contributed by atoms with van der Waals surface area (Å²) in [5.74, 6) is 0.673. The Kier molecular flexibility index (Phi) is 5.22. The molecule has 1 rings (SSSR count). The van der Waals surface area contributed by atoms with Gasteiger partial charge in [0.25, 0.3) is 0 Å². The highest BCUT2D eigenvalue weighted by atomic mass is 16.5. The molecule has 1 fully saturated rings. The van der Waals surface area contributed by atoms with Crippen LogP contribution in [0.4, 0.5) is 0 Å². The molecule has 96 valence electrons. The molecule has 0 radical (unpaired) electrons. The van der Waals surface area contributed by atoms with Gasteiger partial charge in [-0.15, -0.1) is 0 Å². The monoisotopic (exact) mass is 228 g/mol. The molecular weight excluding hydrogens is 200 g/mol. The normalized spacial score (nSPS) is 25.7. The number of likely N-dealkylation sites (tertiary alicyclic amines) is 1. The Labute approximate surface area is 100 Å². The number of methoxy groups -OCH3 is 1. The van der Waals surface area contributed by atoms with Crippen LogP contribution in [0.1, 0.15) is 33.6 Å². The van der Waals surface area contributed by atoms with E-state index in [0.29, 0.717) is 12.0 Å². The molecule has 2 unspecified atom stereocenters. The van der Waals surface area contributed by atoms with Crippen molar-refractivity contribution in [2.45, 2.75) is 39.7 Å². The molecule has 1 aliphatic rings. The fraction of sp³-hybridized carbons (Fsp3) is 1.00. The molecule has 2 atom stereocenters. The van der Waals surface area contributed by atoms with E-state index in [4.69, 9.17) is 10.5 Å². The van der Waals surface area contributed by atoms with Gasteiger partial charge in [0.05, 0.1) is 6.61 Å². The molecule has 1 heterocycles. The van der Waals surface area contributed by atoms with Gasteiger partial charge in [-0.2, -0.15) is 0 Å². The summed E-state index contributed by atoms with van der Waals surface area (Å²) in [5.41, 5.74) is 6.24. The SMILES string of the molecule is COCC(C)(C)CN1CCCC(C(C)N)C1. The fourth-order valence-corrected chi connectivity index (χ4v) is 2.71. The summed E-state index contributed by atoms with van der Waals surface area (Å²) >= 11 is 0. The minimum Gasteiger partial charge on any atom is -0.384 e. The van der Waals surface area contributed by atoms with Crippen LogP contribution in [0.15, 0.2) is 0 Å². The van der Waals surface area contributed by atoms with E-state index in [1.807, 2.05) is 0 Å². The Bertz CT molecular complexity index is 204. The standard InChI is InChI=1S/C13H28N2O/c1-11(14)12-6-5-7-15(8-12)9-13(2,3)10-16-4/h11-12H,5-10,14H2,1-4H3. The largest absolute Gasteiger partial charge is 0.384 e. The van der Waals surface area contributed by atoms with Gasteiger partial charge in [0.2, 0.25) is 0 Å². The van der Waals surface area contributed by atoms with Gasteiger partial charge < -0.3 is 15.4 Å². The Morgan fingerprint density at radius 2 is 2.19 bits per heavy atom. The first-order chi connectivity index (χ1) is 7.44. The number of nitrogens with zero attached hydrogens (tertiary/aromatic N) is 1. The molecule has 16 heavy (non-hydrogen) atoms. The van der Waals surface area contributed by atoms with Gasteiger partial charge in [-0.05, 0) is 32.2 Å². The Balaban J connectivity index is 2.42. The Hall–Kier alpha value is -0.120. The fourth-order valence-electron chi connectivity index (χ4n) is 2.71. The van der Waals surface area contributed by atoms with E-state index in [1.165, 1.54) is 19.4 Å². The molecule has 0 aromatic heterocycles. The Morgan fingerprint density at radius 3 is 2.75 bits per heavy atom. The average molecular weight is 228 g/mol. The van der Waals surface area contributed by atoms with Crippen molar-refractivity contribution in [3.05, 3.63) is 0 Å². The predicted molar refractivity (Wildman–Crippen MR) is 68.5 cm³/mol. The number of nitrogens with two attached hydrogens (primary N) is 1. The number of hydrogen-bond acceptors (Lipinski definition) is 3. The van der Waals surface area contributed by atoms with Crippen molar-refractivity contribution in [2.24, 2.45) is 17.1 Å². The number of ether oxygens (including phenoxy) is 1. The zero-order valence-corrected chi connectivity index (χ0v) is 11.3. The molecule has 3 nitrogen and oxygen atoms in total. The van der Waals surface area contributed by atoms with Crippen LogP contribution in [-0.2, 0) is 4.74 Å². The van der Waals surface area contributed by atoms with Gasteiger partial charge in [0.1, 0.15) is 0 Å². The zero-order chi connectivity index (χ0) is 12.2. The third-order valence-electron chi connectivity index (χ3n) is 3.47. The summed E-state index contributed by atoms with van der Waals surface area (Å²) < 4.78 is 5.27. The maximum atomic E-state index is 6.00. The highest BCUT2D eigenvalue weighted by Crippen LogP contribution is 2.23. The van der Waals surface area contributed by atoms with Crippen molar-refractivity contribution in [3.8, 4) is 0 Å². The quantitative estimate of drug-likeness (QED) is 0.778. The molecule has 0 aromatic carbocycles. The van der Waals surface area contributed by atoms with Gasteiger partial charge in [-0.25, -0.2) is 0 Å². The Morgan fingerprint density at radius 1 is 1.50 bits per heavy atom. The van der Waals surface area contributed by atoms with Crippen LogP contribution in [0, 0.1) is 11.3 Å². The highest BCUT2D eigenvalue weighted by molar-refractivity contribution is 4.82. The molecule has 0 saturated carbocycles. The molecule has 1 aliphatic heterocycles. The lowest BCUT2D eigenvalue weighted by Crippen LogP contribution is -2.46. The minimum atomic E-state index is 0.245. The second-order valence-electron chi connectivity index (χ2n) is 6.09. The summed E-state index contributed by atoms with van der Waals surface area (Å²) in [6.07, 6.45) is 2.58. The molecule has 1 saturated heterocycles. The van der Waals surface area contributed by atoms with E-state index in [2.05, 4.69) is 25.7 Å². The molecule has 0 aliphatic carbocycles. The topological polar surface area (TPSA) is 38.5 Å². The van der Waals surface area contributed by atoms with Gasteiger partial charge in [-0.3, -0.25) is 0 Å². The number of hydrogen-bond donors (Lipinski definition) is 1. The molecule has 2 N–H and O–H groups in total. The van der Waals surface area contributed by atoms with Crippen LogP contribution in [0.25, 0.3) is 0 Å². The minimum absolute atomic E-state index is 0.245. The molecule has 0 aromatic rings.